The Hall–Kier alpha value is -1.67. The summed E-state index contributed by atoms with van der Waals surface area (Å²) in [6.45, 7) is 4.37. The molecule has 0 radical (unpaired) electrons. The fourth-order valence-corrected chi connectivity index (χ4v) is 1.93. The molecule has 17 heavy (non-hydrogen) atoms. The fourth-order valence-electron chi connectivity index (χ4n) is 1.93. The van der Waals surface area contributed by atoms with Gasteiger partial charge in [-0.25, -0.2) is 4.39 Å². The molecular weight excluding hydrogens is 213 g/mol. The van der Waals surface area contributed by atoms with Crippen LogP contribution in [-0.2, 0) is 6.54 Å². The van der Waals surface area contributed by atoms with Crippen LogP contribution in [0.15, 0.2) is 36.4 Å². The van der Waals surface area contributed by atoms with E-state index in [-0.39, 0.29) is 5.82 Å². The third-order valence-electron chi connectivity index (χ3n) is 2.95. The summed E-state index contributed by atoms with van der Waals surface area (Å²) < 4.78 is 14.0. The van der Waals surface area contributed by atoms with Crippen LogP contribution >= 0.6 is 0 Å². The molecule has 0 heterocycles. The second-order valence-corrected chi connectivity index (χ2v) is 4.34. The number of hydrogen-bond donors (Lipinski definition) is 1. The summed E-state index contributed by atoms with van der Waals surface area (Å²) in [5.41, 5.74) is 10.1. The lowest BCUT2D eigenvalue weighted by Gasteiger charge is -2.09. The van der Waals surface area contributed by atoms with Crippen molar-refractivity contribution in [3.05, 3.63) is 58.9 Å². The SMILES string of the molecule is Cc1ccc(C)c(-c2ccc(CN)cc2F)c1. The van der Waals surface area contributed by atoms with Gasteiger partial charge in [0.1, 0.15) is 5.82 Å². The molecule has 2 N–H and O–H groups in total. The van der Waals surface area contributed by atoms with Crippen LogP contribution in [0.25, 0.3) is 11.1 Å². The number of hydrogen-bond acceptors (Lipinski definition) is 1. The summed E-state index contributed by atoms with van der Waals surface area (Å²) in [5, 5.41) is 0. The van der Waals surface area contributed by atoms with Gasteiger partial charge in [-0.3, -0.25) is 0 Å². The van der Waals surface area contributed by atoms with Crippen LogP contribution in [0.1, 0.15) is 16.7 Å². The van der Waals surface area contributed by atoms with E-state index in [1.54, 1.807) is 6.07 Å². The predicted octanol–water partition coefficient (Wildman–Crippen LogP) is 3.57. The van der Waals surface area contributed by atoms with Crippen LogP contribution in [-0.4, -0.2) is 0 Å². The van der Waals surface area contributed by atoms with Crippen molar-refractivity contribution < 1.29 is 4.39 Å². The number of halogens is 1. The van der Waals surface area contributed by atoms with Gasteiger partial charge in [0.25, 0.3) is 0 Å². The molecule has 0 saturated heterocycles. The summed E-state index contributed by atoms with van der Waals surface area (Å²) in [5.74, 6) is -0.207. The third-order valence-corrected chi connectivity index (χ3v) is 2.95. The Morgan fingerprint density at radius 2 is 1.76 bits per heavy atom. The Labute approximate surface area is 101 Å². The van der Waals surface area contributed by atoms with Crippen molar-refractivity contribution in [2.45, 2.75) is 20.4 Å². The van der Waals surface area contributed by atoms with E-state index in [1.807, 2.05) is 38.1 Å². The molecule has 0 aromatic heterocycles. The zero-order valence-corrected chi connectivity index (χ0v) is 10.1. The largest absolute Gasteiger partial charge is 0.326 e. The maximum absolute atomic E-state index is 14.0. The smallest absolute Gasteiger partial charge is 0.131 e. The van der Waals surface area contributed by atoms with E-state index in [2.05, 4.69) is 0 Å². The van der Waals surface area contributed by atoms with Gasteiger partial charge in [-0.15, -0.1) is 0 Å². The van der Waals surface area contributed by atoms with Crippen LogP contribution in [0.2, 0.25) is 0 Å². The van der Waals surface area contributed by atoms with Crippen molar-refractivity contribution >= 4 is 0 Å². The highest BCUT2D eigenvalue weighted by Gasteiger charge is 2.08. The molecule has 0 saturated carbocycles. The predicted molar refractivity (Wildman–Crippen MR) is 69.2 cm³/mol. The van der Waals surface area contributed by atoms with Crippen LogP contribution in [0.3, 0.4) is 0 Å². The van der Waals surface area contributed by atoms with Crippen molar-refractivity contribution in [3.63, 3.8) is 0 Å². The van der Waals surface area contributed by atoms with E-state index in [9.17, 15) is 4.39 Å². The van der Waals surface area contributed by atoms with E-state index in [0.29, 0.717) is 12.1 Å². The molecule has 2 rings (SSSR count). The Balaban J connectivity index is 2.56. The molecule has 0 aliphatic rings. The molecule has 0 spiro atoms. The number of nitrogens with two attached hydrogens (primary N) is 1. The minimum absolute atomic E-state index is 0.207. The lowest BCUT2D eigenvalue weighted by Crippen LogP contribution is -1.98. The second kappa shape index (κ2) is 4.68. The summed E-state index contributed by atoms with van der Waals surface area (Å²) in [6.07, 6.45) is 0. The first kappa shape index (κ1) is 11.8. The molecule has 88 valence electrons. The summed E-state index contributed by atoms with van der Waals surface area (Å²) in [6, 6.07) is 11.2. The first-order chi connectivity index (χ1) is 8.11. The van der Waals surface area contributed by atoms with Gasteiger partial charge < -0.3 is 5.73 Å². The fraction of sp³-hybridized carbons (Fsp3) is 0.200. The highest BCUT2D eigenvalue weighted by molar-refractivity contribution is 5.68. The minimum Gasteiger partial charge on any atom is -0.326 e. The van der Waals surface area contributed by atoms with Crippen molar-refractivity contribution in [2.75, 3.05) is 0 Å². The highest BCUT2D eigenvalue weighted by atomic mass is 19.1. The van der Waals surface area contributed by atoms with Crippen molar-refractivity contribution in [1.29, 1.82) is 0 Å². The molecule has 0 fully saturated rings. The van der Waals surface area contributed by atoms with Crippen LogP contribution in [0, 0.1) is 19.7 Å². The van der Waals surface area contributed by atoms with Gasteiger partial charge >= 0.3 is 0 Å². The standard InChI is InChI=1S/C15H16FN/c1-10-3-4-11(2)14(7-10)13-6-5-12(9-17)8-15(13)16/h3-8H,9,17H2,1-2H3. The number of aryl methyl sites for hydroxylation is 2. The average Bonchev–Trinajstić information content (AvgIpc) is 2.32. The quantitative estimate of drug-likeness (QED) is 0.837. The van der Waals surface area contributed by atoms with Gasteiger partial charge in [0.15, 0.2) is 0 Å². The molecular formula is C15H16FN. The van der Waals surface area contributed by atoms with Gasteiger partial charge in [-0.2, -0.15) is 0 Å². The van der Waals surface area contributed by atoms with Crippen LogP contribution in [0.5, 0.6) is 0 Å². The zero-order valence-electron chi connectivity index (χ0n) is 10.1. The molecule has 2 heteroatoms. The monoisotopic (exact) mass is 229 g/mol. The van der Waals surface area contributed by atoms with Gasteiger partial charge in [0.05, 0.1) is 0 Å². The molecule has 1 nitrogen and oxygen atoms in total. The lowest BCUT2D eigenvalue weighted by atomic mass is 9.97. The Morgan fingerprint density at radius 1 is 1.00 bits per heavy atom. The molecule has 0 bridgehead atoms. The van der Waals surface area contributed by atoms with Crippen LogP contribution < -0.4 is 5.73 Å². The maximum atomic E-state index is 14.0. The van der Waals surface area contributed by atoms with E-state index >= 15 is 0 Å². The van der Waals surface area contributed by atoms with Gasteiger partial charge in [-0.05, 0) is 36.6 Å². The van der Waals surface area contributed by atoms with E-state index in [4.69, 9.17) is 5.73 Å². The topological polar surface area (TPSA) is 26.0 Å². The summed E-state index contributed by atoms with van der Waals surface area (Å²) in [4.78, 5) is 0. The van der Waals surface area contributed by atoms with E-state index in [1.165, 1.54) is 6.07 Å². The highest BCUT2D eigenvalue weighted by Crippen LogP contribution is 2.27. The zero-order chi connectivity index (χ0) is 12.4. The molecule has 2 aromatic rings. The molecule has 0 aliphatic carbocycles. The molecule has 0 unspecified atom stereocenters. The van der Waals surface area contributed by atoms with Crippen molar-refractivity contribution in [1.82, 2.24) is 0 Å². The second-order valence-electron chi connectivity index (χ2n) is 4.34. The minimum atomic E-state index is -0.207. The normalized spacial score (nSPS) is 10.6. The van der Waals surface area contributed by atoms with Crippen molar-refractivity contribution in [3.8, 4) is 11.1 Å². The summed E-state index contributed by atoms with van der Waals surface area (Å²) >= 11 is 0. The van der Waals surface area contributed by atoms with Crippen LogP contribution in [0.4, 0.5) is 4.39 Å². The maximum Gasteiger partial charge on any atom is 0.131 e. The van der Waals surface area contributed by atoms with Gasteiger partial charge in [-0.1, -0.05) is 35.9 Å². The Morgan fingerprint density at radius 3 is 2.41 bits per heavy atom. The molecule has 2 aromatic carbocycles. The number of rotatable bonds is 2. The van der Waals surface area contributed by atoms with E-state index < -0.39 is 0 Å². The van der Waals surface area contributed by atoms with Gasteiger partial charge in [0.2, 0.25) is 0 Å². The van der Waals surface area contributed by atoms with E-state index in [0.717, 1.165) is 22.3 Å². The molecule has 0 aliphatic heterocycles. The summed E-state index contributed by atoms with van der Waals surface area (Å²) in [7, 11) is 0. The first-order valence-corrected chi connectivity index (χ1v) is 5.68. The van der Waals surface area contributed by atoms with Gasteiger partial charge in [0, 0.05) is 12.1 Å². The average molecular weight is 229 g/mol. The molecule has 0 atom stereocenters. The van der Waals surface area contributed by atoms with Crippen molar-refractivity contribution in [2.24, 2.45) is 5.73 Å². The number of benzene rings is 2. The Bertz CT molecular complexity index is 547. The Kier molecular flexibility index (Phi) is 3.25. The third kappa shape index (κ3) is 2.37. The molecule has 0 amide bonds. The first-order valence-electron chi connectivity index (χ1n) is 5.68. The lowest BCUT2D eigenvalue weighted by molar-refractivity contribution is 0.629.